The molecule has 0 aliphatic carbocycles. The topological polar surface area (TPSA) is 69.6 Å². The molecule has 2 heterocycles. The zero-order chi connectivity index (χ0) is 11.7. The minimum absolute atomic E-state index is 0.310. The van der Waals surface area contributed by atoms with E-state index in [-0.39, 0.29) is 6.04 Å². The van der Waals surface area contributed by atoms with Crippen LogP contribution in [0.1, 0.15) is 29.2 Å². The van der Waals surface area contributed by atoms with Crippen molar-refractivity contribution in [3.8, 4) is 0 Å². The van der Waals surface area contributed by atoms with E-state index in [4.69, 9.17) is 17.3 Å². The Morgan fingerprint density at radius 1 is 1.62 bits per heavy atom. The van der Waals surface area contributed by atoms with Crippen molar-refractivity contribution in [3.05, 3.63) is 27.5 Å². The van der Waals surface area contributed by atoms with E-state index >= 15 is 0 Å². The van der Waals surface area contributed by atoms with Gasteiger partial charge in [0.2, 0.25) is 0 Å². The van der Waals surface area contributed by atoms with E-state index in [0.29, 0.717) is 5.02 Å². The predicted molar refractivity (Wildman–Crippen MR) is 63.5 cm³/mol. The molecule has 2 rings (SSSR count). The van der Waals surface area contributed by atoms with Crippen LogP contribution in [0.3, 0.4) is 0 Å². The van der Waals surface area contributed by atoms with Crippen LogP contribution in [0.4, 0.5) is 0 Å². The normalized spacial score (nSPS) is 13.0. The van der Waals surface area contributed by atoms with Crippen LogP contribution in [0, 0.1) is 0 Å². The lowest BCUT2D eigenvalue weighted by Crippen LogP contribution is -2.16. The van der Waals surface area contributed by atoms with E-state index < -0.39 is 0 Å². The molecule has 0 aromatic carbocycles. The molecule has 2 N–H and O–H groups in total. The standard InChI is InChI=1S/C9H12ClN5S/c1-3-6-9(16-14-13-6)7(11)8-5(10)4-12-15(8)2/h4,7H,3,11H2,1-2H3. The molecule has 0 bridgehead atoms. The van der Waals surface area contributed by atoms with Crippen molar-refractivity contribution in [1.82, 2.24) is 19.4 Å². The molecule has 2 aromatic heterocycles. The number of halogens is 1. The van der Waals surface area contributed by atoms with Gasteiger partial charge in [-0.3, -0.25) is 4.68 Å². The molecule has 1 unspecified atom stereocenters. The third kappa shape index (κ3) is 1.83. The number of rotatable bonds is 3. The SMILES string of the molecule is CCc1nnsc1C(N)c1c(Cl)cnn1C. The van der Waals surface area contributed by atoms with Crippen LogP contribution in [0.2, 0.25) is 5.02 Å². The highest BCUT2D eigenvalue weighted by molar-refractivity contribution is 7.05. The molecule has 2 aromatic rings. The van der Waals surface area contributed by atoms with E-state index in [1.807, 2.05) is 14.0 Å². The molecule has 0 saturated heterocycles. The molecule has 0 saturated carbocycles. The van der Waals surface area contributed by atoms with Crippen LogP contribution in [0.25, 0.3) is 0 Å². The molecule has 1 atom stereocenters. The first-order valence-electron chi connectivity index (χ1n) is 4.89. The van der Waals surface area contributed by atoms with E-state index in [9.17, 15) is 0 Å². The molecule has 5 nitrogen and oxygen atoms in total. The summed E-state index contributed by atoms with van der Waals surface area (Å²) in [5.41, 5.74) is 7.89. The quantitative estimate of drug-likeness (QED) is 0.906. The Morgan fingerprint density at radius 2 is 2.38 bits per heavy atom. The van der Waals surface area contributed by atoms with E-state index in [1.165, 1.54) is 11.5 Å². The van der Waals surface area contributed by atoms with E-state index in [0.717, 1.165) is 22.7 Å². The van der Waals surface area contributed by atoms with Gasteiger partial charge < -0.3 is 5.73 Å². The fourth-order valence-electron chi connectivity index (χ4n) is 1.59. The second-order valence-corrected chi connectivity index (χ2v) is 4.61. The van der Waals surface area contributed by atoms with Crippen LogP contribution < -0.4 is 5.73 Å². The molecule has 0 aliphatic heterocycles. The summed E-state index contributed by atoms with van der Waals surface area (Å²) < 4.78 is 5.61. The molecular formula is C9H12ClN5S. The molecule has 0 fully saturated rings. The maximum Gasteiger partial charge on any atom is 0.0867 e. The van der Waals surface area contributed by atoms with Crippen molar-refractivity contribution < 1.29 is 0 Å². The van der Waals surface area contributed by atoms with Crippen LogP contribution in [0.5, 0.6) is 0 Å². The summed E-state index contributed by atoms with van der Waals surface area (Å²) in [7, 11) is 1.82. The van der Waals surface area contributed by atoms with Gasteiger partial charge in [0.05, 0.1) is 33.5 Å². The first-order chi connectivity index (χ1) is 7.65. The summed E-state index contributed by atoms with van der Waals surface area (Å²) in [5, 5.41) is 8.69. The van der Waals surface area contributed by atoms with E-state index in [1.54, 1.807) is 10.9 Å². The monoisotopic (exact) mass is 257 g/mol. The number of aromatic nitrogens is 4. The van der Waals surface area contributed by atoms with Crippen molar-refractivity contribution in [2.45, 2.75) is 19.4 Å². The highest BCUT2D eigenvalue weighted by atomic mass is 35.5. The number of aryl methyl sites for hydroxylation is 2. The number of hydrogen-bond acceptors (Lipinski definition) is 5. The van der Waals surface area contributed by atoms with Crippen molar-refractivity contribution in [2.24, 2.45) is 12.8 Å². The summed E-state index contributed by atoms with van der Waals surface area (Å²) in [5.74, 6) is 0. The molecule has 16 heavy (non-hydrogen) atoms. The molecule has 0 amide bonds. The second kappa shape index (κ2) is 4.48. The largest absolute Gasteiger partial charge is 0.318 e. The summed E-state index contributed by atoms with van der Waals surface area (Å²) >= 11 is 7.36. The Kier molecular flexibility index (Phi) is 3.22. The Balaban J connectivity index is 2.43. The average Bonchev–Trinajstić information content (AvgIpc) is 2.85. The lowest BCUT2D eigenvalue weighted by molar-refractivity contribution is 0.674. The number of hydrogen-bond donors (Lipinski definition) is 1. The molecule has 0 spiro atoms. The van der Waals surface area contributed by atoms with E-state index in [2.05, 4.69) is 14.7 Å². The minimum Gasteiger partial charge on any atom is -0.318 e. The first kappa shape index (κ1) is 11.5. The van der Waals surface area contributed by atoms with Crippen LogP contribution >= 0.6 is 23.1 Å². The summed E-state index contributed by atoms with van der Waals surface area (Å²) in [6.45, 7) is 2.03. The maximum absolute atomic E-state index is 6.17. The summed E-state index contributed by atoms with van der Waals surface area (Å²) in [6, 6.07) is -0.310. The van der Waals surface area contributed by atoms with Gasteiger partial charge in [0.15, 0.2) is 0 Å². The number of nitrogens with two attached hydrogens (primary N) is 1. The molecule has 86 valence electrons. The molecule has 0 aliphatic rings. The van der Waals surface area contributed by atoms with Crippen LogP contribution in [-0.2, 0) is 13.5 Å². The lowest BCUT2D eigenvalue weighted by Gasteiger charge is -2.11. The van der Waals surface area contributed by atoms with Gasteiger partial charge in [-0.2, -0.15) is 5.10 Å². The Morgan fingerprint density at radius 3 is 2.94 bits per heavy atom. The fourth-order valence-corrected chi connectivity index (χ4v) is 2.62. The van der Waals surface area contributed by atoms with Crippen molar-refractivity contribution >= 4 is 23.1 Å². The molecule has 7 heteroatoms. The molecule has 0 radical (unpaired) electrons. The first-order valence-corrected chi connectivity index (χ1v) is 6.04. The minimum atomic E-state index is -0.310. The van der Waals surface area contributed by atoms with Gasteiger partial charge in [0.1, 0.15) is 0 Å². The summed E-state index contributed by atoms with van der Waals surface area (Å²) in [6.07, 6.45) is 2.41. The van der Waals surface area contributed by atoms with Crippen LogP contribution in [-0.4, -0.2) is 19.4 Å². The zero-order valence-electron chi connectivity index (χ0n) is 9.01. The smallest absolute Gasteiger partial charge is 0.0867 e. The third-order valence-electron chi connectivity index (χ3n) is 2.43. The van der Waals surface area contributed by atoms with Gasteiger partial charge in [0, 0.05) is 7.05 Å². The average molecular weight is 258 g/mol. The van der Waals surface area contributed by atoms with Gasteiger partial charge in [-0.25, -0.2) is 0 Å². The number of nitrogens with zero attached hydrogens (tertiary/aromatic N) is 4. The van der Waals surface area contributed by atoms with Gasteiger partial charge in [0.25, 0.3) is 0 Å². The predicted octanol–water partition coefficient (Wildman–Crippen LogP) is 1.54. The fraction of sp³-hybridized carbons (Fsp3) is 0.444. The highest BCUT2D eigenvalue weighted by Crippen LogP contribution is 2.29. The van der Waals surface area contributed by atoms with Gasteiger partial charge in [-0.15, -0.1) is 5.10 Å². The zero-order valence-corrected chi connectivity index (χ0v) is 10.6. The Labute approximate surface area is 102 Å². The van der Waals surface area contributed by atoms with Gasteiger partial charge >= 0.3 is 0 Å². The maximum atomic E-state index is 6.17. The van der Waals surface area contributed by atoms with Crippen molar-refractivity contribution in [2.75, 3.05) is 0 Å². The lowest BCUT2D eigenvalue weighted by atomic mass is 10.1. The van der Waals surface area contributed by atoms with Crippen molar-refractivity contribution in [3.63, 3.8) is 0 Å². The highest BCUT2D eigenvalue weighted by Gasteiger charge is 2.21. The van der Waals surface area contributed by atoms with Gasteiger partial charge in [-0.1, -0.05) is 23.0 Å². The Bertz CT molecular complexity index is 472. The third-order valence-corrected chi connectivity index (χ3v) is 3.58. The van der Waals surface area contributed by atoms with Crippen molar-refractivity contribution in [1.29, 1.82) is 0 Å². The van der Waals surface area contributed by atoms with Crippen LogP contribution in [0.15, 0.2) is 6.20 Å². The second-order valence-electron chi connectivity index (χ2n) is 3.42. The molecular weight excluding hydrogens is 246 g/mol. The van der Waals surface area contributed by atoms with Gasteiger partial charge in [-0.05, 0) is 18.0 Å². The Hall–Kier alpha value is -0.980. The summed E-state index contributed by atoms with van der Waals surface area (Å²) in [4.78, 5) is 0.952.